The van der Waals surface area contributed by atoms with Gasteiger partial charge in [-0.2, -0.15) is 9.78 Å². The quantitative estimate of drug-likeness (QED) is 0.321. The molecule has 28 heavy (non-hydrogen) atoms. The maximum absolute atomic E-state index is 13.3. The van der Waals surface area contributed by atoms with Crippen molar-refractivity contribution < 1.29 is 33.6 Å². The van der Waals surface area contributed by atoms with Crippen LogP contribution in [0.15, 0.2) is 11.0 Å². The molecular weight excluding hydrogens is 384 g/mol. The summed E-state index contributed by atoms with van der Waals surface area (Å²) >= 11 is 1.72. The maximum Gasteiger partial charge on any atom is 0.247 e. The summed E-state index contributed by atoms with van der Waals surface area (Å²) in [5.74, 6) is -3.77. The highest BCUT2D eigenvalue weighted by Gasteiger charge is 2.59. The van der Waals surface area contributed by atoms with Gasteiger partial charge in [0.15, 0.2) is 23.1 Å². The van der Waals surface area contributed by atoms with Crippen LogP contribution in [0.25, 0.3) is 0 Å². The fourth-order valence-corrected chi connectivity index (χ4v) is 5.87. The average Bonchev–Trinajstić information content (AvgIpc) is 3.21. The van der Waals surface area contributed by atoms with Crippen molar-refractivity contribution in [1.82, 2.24) is 0 Å². The number of carbonyl (C=O) groups is 3. The van der Waals surface area contributed by atoms with E-state index in [4.69, 9.17) is 19.2 Å². The van der Waals surface area contributed by atoms with Crippen molar-refractivity contribution in [3.05, 3.63) is 28.3 Å². The summed E-state index contributed by atoms with van der Waals surface area (Å²) in [4.78, 5) is 49.1. The Morgan fingerprint density at radius 1 is 1.11 bits per heavy atom. The van der Waals surface area contributed by atoms with Gasteiger partial charge in [-0.1, -0.05) is 0 Å². The molecule has 0 aromatic heterocycles. The number of ketones is 3. The molecule has 0 unspecified atom stereocenters. The zero-order valence-electron chi connectivity index (χ0n) is 15.7. The number of carbonyl (C=O) groups excluding carboxylic acids is 3. The number of rotatable bonds is 2. The molecule has 0 bridgehead atoms. The van der Waals surface area contributed by atoms with E-state index in [9.17, 15) is 14.4 Å². The largest absolute Gasteiger partial charge is 0.343 e. The Morgan fingerprint density at radius 3 is 2.36 bits per heavy atom. The van der Waals surface area contributed by atoms with Crippen molar-refractivity contribution in [2.24, 2.45) is 5.92 Å². The van der Waals surface area contributed by atoms with Crippen LogP contribution in [0, 0.1) is 19.8 Å². The molecule has 1 saturated carbocycles. The van der Waals surface area contributed by atoms with Crippen LogP contribution in [-0.2, 0) is 34.6 Å². The zero-order valence-corrected chi connectivity index (χ0v) is 16.5. The summed E-state index contributed by atoms with van der Waals surface area (Å²) < 4.78 is 12.0. The Labute approximate surface area is 166 Å². The van der Waals surface area contributed by atoms with Crippen molar-refractivity contribution in [2.45, 2.75) is 49.6 Å². The Hall–Kier alpha value is -1.58. The van der Waals surface area contributed by atoms with Crippen molar-refractivity contribution >= 4 is 29.1 Å². The second kappa shape index (κ2) is 6.21. The Balaban J connectivity index is 1.57. The predicted molar refractivity (Wildman–Crippen MR) is 96.8 cm³/mol. The molecule has 0 N–H and O–H groups in total. The lowest BCUT2D eigenvalue weighted by molar-refractivity contribution is -0.170. The molecule has 3 heterocycles. The van der Waals surface area contributed by atoms with Gasteiger partial charge in [-0.25, -0.2) is 0 Å². The van der Waals surface area contributed by atoms with Gasteiger partial charge in [0.25, 0.3) is 0 Å². The minimum Gasteiger partial charge on any atom is -0.343 e. The van der Waals surface area contributed by atoms with Crippen LogP contribution < -0.4 is 0 Å². The van der Waals surface area contributed by atoms with Gasteiger partial charge in [0.2, 0.25) is 5.79 Å². The van der Waals surface area contributed by atoms with Crippen LogP contribution in [0.2, 0.25) is 0 Å². The van der Waals surface area contributed by atoms with E-state index in [0.29, 0.717) is 25.2 Å². The number of benzene rings is 1. The first-order chi connectivity index (χ1) is 13.4. The summed E-state index contributed by atoms with van der Waals surface area (Å²) in [5, 5.41) is 0. The smallest absolute Gasteiger partial charge is 0.247 e. The van der Waals surface area contributed by atoms with Crippen LogP contribution in [0.4, 0.5) is 0 Å². The van der Waals surface area contributed by atoms with E-state index >= 15 is 0 Å². The highest BCUT2D eigenvalue weighted by atomic mass is 32.2. The van der Waals surface area contributed by atoms with Crippen LogP contribution >= 0.6 is 11.8 Å². The van der Waals surface area contributed by atoms with Gasteiger partial charge in [0.05, 0.1) is 26.1 Å². The molecule has 2 saturated heterocycles. The van der Waals surface area contributed by atoms with Crippen LogP contribution in [0.5, 0.6) is 0 Å². The molecule has 5 rings (SSSR count). The summed E-state index contributed by atoms with van der Waals surface area (Å²) in [6.07, 6.45) is 0.537. The number of aryl methyl sites for hydroxylation is 1. The molecule has 2 spiro atoms. The molecule has 0 radical (unpaired) electrons. The van der Waals surface area contributed by atoms with Crippen molar-refractivity contribution in [2.75, 3.05) is 19.0 Å². The van der Waals surface area contributed by atoms with Gasteiger partial charge in [0, 0.05) is 28.2 Å². The van der Waals surface area contributed by atoms with Crippen molar-refractivity contribution in [1.29, 1.82) is 0 Å². The molecule has 0 atom stereocenters. The van der Waals surface area contributed by atoms with E-state index in [1.807, 2.05) is 13.8 Å². The first kappa shape index (κ1) is 18.4. The minimum absolute atomic E-state index is 0.0792. The number of ether oxygens (including phenoxy) is 2. The standard InChI is InChI=1S/C20H20O7S/c1-10-7-12(17(23)15-13(21)8-19(26-27-19)9-14(15)22)11(2)16-18(10)28-6-3-20(16)24-4-5-25-20/h7,15H,3-6,8-9H2,1-2H3. The van der Waals surface area contributed by atoms with Crippen molar-refractivity contribution in [3.8, 4) is 0 Å². The highest BCUT2D eigenvalue weighted by molar-refractivity contribution is 7.99. The van der Waals surface area contributed by atoms with E-state index < -0.39 is 34.8 Å². The Bertz CT molecular complexity index is 892. The van der Waals surface area contributed by atoms with E-state index in [0.717, 1.165) is 27.3 Å². The molecule has 1 aromatic rings. The second-order valence-corrected chi connectivity index (χ2v) is 8.88. The van der Waals surface area contributed by atoms with Crippen LogP contribution in [0.3, 0.4) is 0 Å². The van der Waals surface area contributed by atoms with Gasteiger partial charge in [-0.3, -0.25) is 14.4 Å². The number of hydrogen-bond donors (Lipinski definition) is 0. The zero-order chi connectivity index (χ0) is 19.7. The van der Waals surface area contributed by atoms with Gasteiger partial charge in [-0.05, 0) is 31.0 Å². The van der Waals surface area contributed by atoms with Gasteiger partial charge >= 0.3 is 0 Å². The lowest BCUT2D eigenvalue weighted by Crippen LogP contribution is -2.42. The molecule has 3 fully saturated rings. The molecule has 1 aliphatic carbocycles. The molecule has 3 aliphatic heterocycles. The van der Waals surface area contributed by atoms with Crippen molar-refractivity contribution in [3.63, 3.8) is 0 Å². The molecule has 4 aliphatic rings. The van der Waals surface area contributed by atoms with Gasteiger partial charge in [0.1, 0.15) is 5.92 Å². The third-order valence-electron chi connectivity index (χ3n) is 5.92. The van der Waals surface area contributed by atoms with E-state index in [1.54, 1.807) is 17.8 Å². The molecule has 1 aromatic carbocycles. The predicted octanol–water partition coefficient (Wildman–Crippen LogP) is 2.39. The van der Waals surface area contributed by atoms with E-state index in [-0.39, 0.29) is 12.8 Å². The second-order valence-electron chi connectivity index (χ2n) is 7.78. The number of hydrogen-bond acceptors (Lipinski definition) is 8. The normalized spacial score (nSPS) is 25.4. The molecule has 7 nitrogen and oxygen atoms in total. The topological polar surface area (TPSA) is 94.7 Å². The minimum atomic E-state index is -1.30. The summed E-state index contributed by atoms with van der Waals surface area (Å²) in [7, 11) is 0. The third kappa shape index (κ3) is 2.63. The van der Waals surface area contributed by atoms with E-state index in [1.165, 1.54) is 0 Å². The molecule has 148 valence electrons. The number of thioether (sulfide) groups is 1. The fourth-order valence-electron chi connectivity index (χ4n) is 4.55. The summed E-state index contributed by atoms with van der Waals surface area (Å²) in [5.41, 5.74) is 2.90. The molecular formula is C20H20O7S. The van der Waals surface area contributed by atoms with Crippen LogP contribution in [0.1, 0.15) is 46.3 Å². The molecule has 8 heteroatoms. The first-order valence-electron chi connectivity index (χ1n) is 9.38. The Kier molecular flexibility index (Phi) is 4.09. The SMILES string of the molecule is Cc1cc(C(=O)C2C(=O)CC3(CC2=O)OO3)c(C)c2c1SCCC21OCCO1. The third-order valence-corrected chi connectivity index (χ3v) is 7.14. The Morgan fingerprint density at radius 2 is 1.75 bits per heavy atom. The number of Topliss-reactive ketones (excluding diaryl/α,β-unsaturated/α-hetero) is 3. The van der Waals surface area contributed by atoms with Gasteiger partial charge < -0.3 is 9.47 Å². The summed E-state index contributed by atoms with van der Waals surface area (Å²) in [6, 6.07) is 1.78. The molecule has 0 amide bonds. The van der Waals surface area contributed by atoms with Gasteiger partial charge in [-0.15, -0.1) is 11.8 Å². The average molecular weight is 404 g/mol. The van der Waals surface area contributed by atoms with Crippen LogP contribution in [-0.4, -0.2) is 42.1 Å². The maximum atomic E-state index is 13.3. The lowest BCUT2D eigenvalue weighted by atomic mass is 9.77. The fraction of sp³-hybridized carbons (Fsp3) is 0.550. The lowest BCUT2D eigenvalue weighted by Gasteiger charge is -2.36. The number of fused-ring (bicyclic) bond motifs is 2. The van der Waals surface area contributed by atoms with E-state index in [2.05, 4.69) is 0 Å². The summed E-state index contributed by atoms with van der Waals surface area (Å²) in [6.45, 7) is 4.78. The monoisotopic (exact) mass is 404 g/mol. The first-order valence-corrected chi connectivity index (χ1v) is 10.4. The highest BCUT2D eigenvalue weighted by Crippen LogP contribution is 2.49.